The zero-order valence-electron chi connectivity index (χ0n) is 13.9. The first-order valence-corrected chi connectivity index (χ1v) is 8.28. The first-order chi connectivity index (χ1) is 11.6. The number of benzene rings is 1. The zero-order valence-corrected chi connectivity index (χ0v) is 13.9. The lowest BCUT2D eigenvalue weighted by molar-refractivity contribution is 0.349. The first-order valence-electron chi connectivity index (χ1n) is 8.28. The number of hydrogen-bond donors (Lipinski definition) is 0. The molecule has 1 aromatic carbocycles. The van der Waals surface area contributed by atoms with Gasteiger partial charge in [-0.3, -0.25) is 0 Å². The summed E-state index contributed by atoms with van der Waals surface area (Å²) in [7, 11) is 0. The number of aromatic nitrogens is 4. The summed E-state index contributed by atoms with van der Waals surface area (Å²) in [6.07, 6.45) is 5.47. The van der Waals surface area contributed by atoms with Crippen molar-refractivity contribution >= 4 is 16.7 Å². The summed E-state index contributed by atoms with van der Waals surface area (Å²) in [5.74, 6) is 2.67. The minimum absolute atomic E-state index is 0.254. The molecule has 0 bridgehead atoms. The maximum Gasteiger partial charge on any atom is 0.140 e. The summed E-state index contributed by atoms with van der Waals surface area (Å²) in [5, 5.41) is 0.779. The van der Waals surface area contributed by atoms with Crippen molar-refractivity contribution in [2.24, 2.45) is 5.92 Å². The van der Waals surface area contributed by atoms with Crippen LogP contribution in [0, 0.1) is 11.7 Å². The molecule has 24 heavy (non-hydrogen) atoms. The van der Waals surface area contributed by atoms with Crippen molar-refractivity contribution < 1.29 is 4.39 Å². The highest BCUT2D eigenvalue weighted by molar-refractivity contribution is 5.89. The highest BCUT2D eigenvalue weighted by Gasteiger charge is 2.30. The Hall–Kier alpha value is -2.50. The maximum atomic E-state index is 13.6. The van der Waals surface area contributed by atoms with Crippen molar-refractivity contribution in [1.29, 1.82) is 0 Å². The summed E-state index contributed by atoms with van der Waals surface area (Å²) in [6, 6.07) is 4.66. The summed E-state index contributed by atoms with van der Waals surface area (Å²) in [6.45, 7) is 7.11. The van der Waals surface area contributed by atoms with E-state index in [1.807, 2.05) is 12.4 Å². The van der Waals surface area contributed by atoms with Crippen molar-refractivity contribution in [1.82, 2.24) is 19.5 Å². The third kappa shape index (κ3) is 2.62. The number of rotatable bonds is 4. The molecular weight excluding hydrogens is 305 g/mol. The van der Waals surface area contributed by atoms with Crippen LogP contribution in [-0.4, -0.2) is 32.6 Å². The van der Waals surface area contributed by atoms with Gasteiger partial charge >= 0.3 is 0 Å². The molecule has 1 aliphatic rings. The minimum atomic E-state index is -0.254. The van der Waals surface area contributed by atoms with E-state index in [0.717, 1.165) is 42.2 Å². The van der Waals surface area contributed by atoms with Crippen LogP contribution in [0.3, 0.4) is 0 Å². The van der Waals surface area contributed by atoms with Crippen molar-refractivity contribution in [3.63, 3.8) is 0 Å². The number of fused-ring (bicyclic) bond motifs is 1. The normalized spacial score (nSPS) is 15.2. The Morgan fingerprint density at radius 1 is 1.21 bits per heavy atom. The molecule has 0 aliphatic carbocycles. The lowest BCUT2D eigenvalue weighted by Crippen LogP contribution is -2.49. The average Bonchev–Trinajstić information content (AvgIpc) is 2.98. The molecule has 2 aromatic heterocycles. The molecule has 1 fully saturated rings. The second-order valence-electron chi connectivity index (χ2n) is 6.72. The van der Waals surface area contributed by atoms with Crippen LogP contribution < -0.4 is 4.90 Å². The smallest absolute Gasteiger partial charge is 0.140 e. The summed E-state index contributed by atoms with van der Waals surface area (Å²) >= 11 is 0. The van der Waals surface area contributed by atoms with Crippen LogP contribution in [0.4, 0.5) is 10.2 Å². The third-order valence-electron chi connectivity index (χ3n) is 4.55. The van der Waals surface area contributed by atoms with Crippen LogP contribution in [0.5, 0.6) is 0 Å². The lowest BCUT2D eigenvalue weighted by Gasteiger charge is -2.41. The molecule has 0 amide bonds. The molecule has 0 atom stereocenters. The van der Waals surface area contributed by atoms with Crippen LogP contribution >= 0.6 is 0 Å². The van der Waals surface area contributed by atoms with E-state index in [-0.39, 0.29) is 5.82 Å². The second kappa shape index (κ2) is 5.85. The SMILES string of the molecule is CC(C)c1nccn1CC1CN(c2ncnc3ccc(F)cc23)C1. The van der Waals surface area contributed by atoms with Gasteiger partial charge in [-0.05, 0) is 18.2 Å². The van der Waals surface area contributed by atoms with Gasteiger partial charge < -0.3 is 9.47 Å². The molecule has 0 N–H and O–H groups in total. The summed E-state index contributed by atoms with van der Waals surface area (Å²) < 4.78 is 15.8. The molecule has 6 heteroatoms. The molecule has 3 aromatic rings. The topological polar surface area (TPSA) is 46.8 Å². The Labute approximate surface area is 140 Å². The van der Waals surface area contributed by atoms with Gasteiger partial charge in [0.25, 0.3) is 0 Å². The molecular formula is C18H20FN5. The Morgan fingerprint density at radius 2 is 2.04 bits per heavy atom. The van der Waals surface area contributed by atoms with Gasteiger partial charge in [0.1, 0.15) is 23.8 Å². The number of anilines is 1. The van der Waals surface area contributed by atoms with Crippen LogP contribution in [0.25, 0.3) is 10.9 Å². The van der Waals surface area contributed by atoms with E-state index < -0.39 is 0 Å². The average molecular weight is 325 g/mol. The standard InChI is InChI=1S/C18H20FN5/c1-12(2)17-20-5-6-23(17)8-13-9-24(10-13)18-15-7-14(19)3-4-16(15)21-11-22-18/h3-7,11-13H,8-10H2,1-2H3. The van der Waals surface area contributed by atoms with E-state index in [4.69, 9.17) is 0 Å². The van der Waals surface area contributed by atoms with E-state index in [1.54, 1.807) is 12.4 Å². The van der Waals surface area contributed by atoms with Gasteiger partial charge in [0, 0.05) is 49.2 Å². The highest BCUT2D eigenvalue weighted by atomic mass is 19.1. The Morgan fingerprint density at radius 3 is 2.83 bits per heavy atom. The van der Waals surface area contributed by atoms with Crippen LogP contribution in [-0.2, 0) is 6.54 Å². The molecule has 1 saturated heterocycles. The quantitative estimate of drug-likeness (QED) is 0.739. The second-order valence-corrected chi connectivity index (χ2v) is 6.72. The Kier molecular flexibility index (Phi) is 3.67. The monoisotopic (exact) mass is 325 g/mol. The van der Waals surface area contributed by atoms with Crippen molar-refractivity contribution in [3.05, 3.63) is 48.6 Å². The third-order valence-corrected chi connectivity index (χ3v) is 4.55. The predicted molar refractivity (Wildman–Crippen MR) is 91.5 cm³/mol. The molecule has 0 saturated carbocycles. The largest absolute Gasteiger partial charge is 0.355 e. The minimum Gasteiger partial charge on any atom is -0.355 e. The number of imidazole rings is 1. The number of hydrogen-bond acceptors (Lipinski definition) is 4. The maximum absolute atomic E-state index is 13.6. The van der Waals surface area contributed by atoms with Crippen molar-refractivity contribution in [2.45, 2.75) is 26.3 Å². The van der Waals surface area contributed by atoms with E-state index >= 15 is 0 Å². The fourth-order valence-corrected chi connectivity index (χ4v) is 3.38. The highest BCUT2D eigenvalue weighted by Crippen LogP contribution is 2.30. The van der Waals surface area contributed by atoms with Gasteiger partial charge in [0.15, 0.2) is 0 Å². The van der Waals surface area contributed by atoms with Gasteiger partial charge in [-0.2, -0.15) is 0 Å². The molecule has 3 heterocycles. The van der Waals surface area contributed by atoms with E-state index in [0.29, 0.717) is 11.8 Å². The fourth-order valence-electron chi connectivity index (χ4n) is 3.38. The van der Waals surface area contributed by atoms with Gasteiger partial charge in [-0.15, -0.1) is 0 Å². The molecule has 1 aliphatic heterocycles. The Balaban J connectivity index is 1.50. The molecule has 124 valence electrons. The van der Waals surface area contributed by atoms with Crippen molar-refractivity contribution in [2.75, 3.05) is 18.0 Å². The van der Waals surface area contributed by atoms with Gasteiger partial charge in [-0.25, -0.2) is 19.3 Å². The van der Waals surface area contributed by atoms with Gasteiger partial charge in [0.2, 0.25) is 0 Å². The van der Waals surface area contributed by atoms with Crippen molar-refractivity contribution in [3.8, 4) is 0 Å². The number of halogens is 1. The summed E-state index contributed by atoms with van der Waals surface area (Å²) in [5.41, 5.74) is 0.779. The predicted octanol–water partition coefficient (Wildman–Crippen LogP) is 3.23. The molecule has 0 spiro atoms. The van der Waals surface area contributed by atoms with E-state index in [1.165, 1.54) is 12.1 Å². The molecule has 0 radical (unpaired) electrons. The van der Waals surface area contributed by atoms with Crippen LogP contribution in [0.1, 0.15) is 25.6 Å². The first kappa shape index (κ1) is 15.1. The fraction of sp³-hybridized carbons (Fsp3) is 0.389. The van der Waals surface area contributed by atoms with Gasteiger partial charge in [0.05, 0.1) is 5.52 Å². The van der Waals surface area contributed by atoms with Crippen LogP contribution in [0.15, 0.2) is 36.9 Å². The van der Waals surface area contributed by atoms with E-state index in [2.05, 4.69) is 38.3 Å². The zero-order chi connectivity index (χ0) is 16.7. The summed E-state index contributed by atoms with van der Waals surface area (Å²) in [4.78, 5) is 15.2. The molecule has 0 unspecified atom stereocenters. The molecule has 5 nitrogen and oxygen atoms in total. The van der Waals surface area contributed by atoms with E-state index in [9.17, 15) is 4.39 Å². The number of nitrogens with zero attached hydrogens (tertiary/aromatic N) is 5. The Bertz CT molecular complexity index is 867. The lowest BCUT2D eigenvalue weighted by atomic mass is 9.99. The molecule has 4 rings (SSSR count). The van der Waals surface area contributed by atoms with Crippen LogP contribution in [0.2, 0.25) is 0 Å². The van der Waals surface area contributed by atoms with Gasteiger partial charge in [-0.1, -0.05) is 13.8 Å².